The van der Waals surface area contributed by atoms with Gasteiger partial charge in [0.05, 0.1) is 18.1 Å². The minimum absolute atomic E-state index is 0.00331. The highest BCUT2D eigenvalue weighted by Crippen LogP contribution is 2.28. The summed E-state index contributed by atoms with van der Waals surface area (Å²) >= 11 is 0. The number of carbonyl (C=O) groups is 3. The van der Waals surface area contributed by atoms with Crippen LogP contribution in [0.25, 0.3) is 0 Å². The Morgan fingerprint density at radius 1 is 0.900 bits per heavy atom. The molecule has 3 aromatic rings. The summed E-state index contributed by atoms with van der Waals surface area (Å²) in [5.74, 6) is -0.694. The molecular formula is C23H17N2O5-. The Kier molecular flexibility index (Phi) is 5.17. The number of carboxylic acids is 1. The maximum atomic E-state index is 12.8. The van der Waals surface area contributed by atoms with Crippen LogP contribution in [-0.4, -0.2) is 23.8 Å². The average molecular weight is 401 g/mol. The number of benzene rings is 3. The molecule has 0 bridgehead atoms. The van der Waals surface area contributed by atoms with Crippen LogP contribution < -0.4 is 20.1 Å². The van der Waals surface area contributed by atoms with Crippen LogP contribution in [0.2, 0.25) is 0 Å². The van der Waals surface area contributed by atoms with Crippen LogP contribution in [0.1, 0.15) is 16.8 Å². The zero-order chi connectivity index (χ0) is 21.1. The van der Waals surface area contributed by atoms with Crippen molar-refractivity contribution in [3.8, 4) is 11.5 Å². The lowest BCUT2D eigenvalue weighted by Gasteiger charge is -2.17. The van der Waals surface area contributed by atoms with E-state index in [9.17, 15) is 19.5 Å². The van der Waals surface area contributed by atoms with Crippen molar-refractivity contribution in [1.29, 1.82) is 0 Å². The Bertz CT molecular complexity index is 1080. The van der Waals surface area contributed by atoms with Gasteiger partial charge in [-0.25, -0.2) is 4.90 Å². The summed E-state index contributed by atoms with van der Waals surface area (Å²) in [6, 6.07) is 21.1. The summed E-state index contributed by atoms with van der Waals surface area (Å²) in [5, 5.41) is 13.8. The summed E-state index contributed by atoms with van der Waals surface area (Å²) in [5.41, 5.74) is 1.04. The number of ether oxygens (including phenoxy) is 1. The first-order valence-electron chi connectivity index (χ1n) is 9.29. The second-order valence-electron chi connectivity index (χ2n) is 6.74. The van der Waals surface area contributed by atoms with E-state index in [1.807, 2.05) is 30.3 Å². The van der Waals surface area contributed by atoms with Crippen LogP contribution in [0.4, 0.5) is 11.4 Å². The molecule has 0 saturated carbocycles. The largest absolute Gasteiger partial charge is 0.545 e. The molecule has 7 nitrogen and oxygen atoms in total. The van der Waals surface area contributed by atoms with Gasteiger partial charge in [-0.05, 0) is 54.1 Å². The lowest BCUT2D eigenvalue weighted by Crippen LogP contribution is -2.34. The summed E-state index contributed by atoms with van der Waals surface area (Å²) in [7, 11) is 0. The third-order valence-corrected chi connectivity index (χ3v) is 4.68. The molecule has 1 N–H and O–H groups in total. The van der Waals surface area contributed by atoms with E-state index in [0.717, 1.165) is 4.90 Å². The standard InChI is InChI=1S/C23H18N2O5/c26-21-14-20(24-16-8-6-15(7-9-16)23(28)29)22(27)25(21)17-10-12-19(13-11-17)30-18-4-2-1-3-5-18/h1-13,20,24H,14H2,(H,28,29)/p-1/t20-/m0/s1. The molecule has 0 aliphatic carbocycles. The molecule has 0 spiro atoms. The Balaban J connectivity index is 1.45. The number of hydrogen-bond acceptors (Lipinski definition) is 6. The molecule has 150 valence electrons. The Morgan fingerprint density at radius 2 is 1.53 bits per heavy atom. The lowest BCUT2D eigenvalue weighted by molar-refractivity contribution is -0.255. The smallest absolute Gasteiger partial charge is 0.256 e. The van der Waals surface area contributed by atoms with E-state index in [0.29, 0.717) is 22.9 Å². The van der Waals surface area contributed by atoms with Gasteiger partial charge in [0.2, 0.25) is 5.91 Å². The Hall–Kier alpha value is -4.13. The molecule has 0 radical (unpaired) electrons. The molecule has 3 aromatic carbocycles. The fourth-order valence-corrected chi connectivity index (χ4v) is 3.21. The second kappa shape index (κ2) is 8.08. The van der Waals surface area contributed by atoms with Gasteiger partial charge >= 0.3 is 0 Å². The number of carbonyl (C=O) groups excluding carboxylic acids is 3. The number of carboxylic acid groups (broad SMARTS) is 1. The summed E-state index contributed by atoms with van der Waals surface area (Å²) in [6.07, 6.45) is 0.00331. The second-order valence-corrected chi connectivity index (χ2v) is 6.74. The first-order valence-corrected chi connectivity index (χ1v) is 9.29. The Labute approximate surface area is 172 Å². The number of rotatable bonds is 6. The number of anilines is 2. The highest BCUT2D eigenvalue weighted by Gasteiger charge is 2.39. The number of imide groups is 1. The van der Waals surface area contributed by atoms with Crippen molar-refractivity contribution in [2.24, 2.45) is 0 Å². The number of aromatic carboxylic acids is 1. The van der Waals surface area contributed by atoms with Crippen molar-refractivity contribution < 1.29 is 24.2 Å². The quantitative estimate of drug-likeness (QED) is 0.638. The van der Waals surface area contributed by atoms with Gasteiger partial charge in [-0.2, -0.15) is 0 Å². The monoisotopic (exact) mass is 401 g/mol. The van der Waals surface area contributed by atoms with Gasteiger partial charge in [-0.3, -0.25) is 9.59 Å². The van der Waals surface area contributed by atoms with Gasteiger partial charge in [0.1, 0.15) is 17.5 Å². The predicted molar refractivity (Wildman–Crippen MR) is 108 cm³/mol. The van der Waals surface area contributed by atoms with Crippen LogP contribution in [0.3, 0.4) is 0 Å². The van der Waals surface area contributed by atoms with E-state index in [2.05, 4.69) is 5.32 Å². The summed E-state index contributed by atoms with van der Waals surface area (Å²) < 4.78 is 5.73. The summed E-state index contributed by atoms with van der Waals surface area (Å²) in [4.78, 5) is 37.2. The van der Waals surface area contributed by atoms with E-state index in [1.54, 1.807) is 24.3 Å². The van der Waals surface area contributed by atoms with Crippen LogP contribution in [0.15, 0.2) is 78.9 Å². The van der Waals surface area contributed by atoms with Crippen molar-refractivity contribution in [2.75, 3.05) is 10.2 Å². The lowest BCUT2D eigenvalue weighted by atomic mass is 10.2. The topological polar surface area (TPSA) is 98.8 Å². The fraction of sp³-hybridized carbons (Fsp3) is 0.0870. The van der Waals surface area contributed by atoms with Crippen molar-refractivity contribution in [1.82, 2.24) is 0 Å². The van der Waals surface area contributed by atoms with E-state index in [4.69, 9.17) is 4.74 Å². The van der Waals surface area contributed by atoms with Gasteiger partial charge in [0.15, 0.2) is 0 Å². The van der Waals surface area contributed by atoms with E-state index in [-0.39, 0.29) is 23.8 Å². The van der Waals surface area contributed by atoms with Crippen molar-refractivity contribution in [3.05, 3.63) is 84.4 Å². The van der Waals surface area contributed by atoms with Crippen molar-refractivity contribution in [3.63, 3.8) is 0 Å². The van der Waals surface area contributed by atoms with Crippen LogP contribution >= 0.6 is 0 Å². The number of amides is 2. The van der Waals surface area contributed by atoms with Gasteiger partial charge in [-0.15, -0.1) is 0 Å². The minimum Gasteiger partial charge on any atom is -0.545 e. The number of nitrogens with zero attached hydrogens (tertiary/aromatic N) is 1. The average Bonchev–Trinajstić information content (AvgIpc) is 3.03. The highest BCUT2D eigenvalue weighted by atomic mass is 16.5. The Morgan fingerprint density at radius 3 is 2.17 bits per heavy atom. The first-order chi connectivity index (χ1) is 14.5. The van der Waals surface area contributed by atoms with Gasteiger partial charge in [0, 0.05) is 5.69 Å². The highest BCUT2D eigenvalue weighted by molar-refractivity contribution is 6.23. The molecule has 0 unspecified atom stereocenters. The van der Waals surface area contributed by atoms with E-state index < -0.39 is 12.0 Å². The van der Waals surface area contributed by atoms with E-state index >= 15 is 0 Å². The first kappa shape index (κ1) is 19.2. The fourth-order valence-electron chi connectivity index (χ4n) is 3.21. The molecule has 1 saturated heterocycles. The number of hydrogen-bond donors (Lipinski definition) is 1. The SMILES string of the molecule is O=C([O-])c1ccc(N[C@H]2CC(=O)N(c3ccc(Oc4ccccc4)cc3)C2=O)cc1. The molecule has 30 heavy (non-hydrogen) atoms. The molecule has 1 fully saturated rings. The van der Waals surface area contributed by atoms with Crippen LogP contribution in [0, 0.1) is 0 Å². The van der Waals surface area contributed by atoms with Gasteiger partial charge in [-0.1, -0.05) is 30.3 Å². The molecular weight excluding hydrogens is 384 g/mol. The van der Waals surface area contributed by atoms with Crippen LogP contribution in [-0.2, 0) is 9.59 Å². The molecule has 1 aliphatic heterocycles. The normalized spacial score (nSPS) is 15.9. The minimum atomic E-state index is -1.28. The van der Waals surface area contributed by atoms with Gasteiger partial charge < -0.3 is 20.0 Å². The zero-order valence-electron chi connectivity index (χ0n) is 15.8. The maximum absolute atomic E-state index is 12.8. The molecule has 1 heterocycles. The number of nitrogens with one attached hydrogen (secondary N) is 1. The van der Waals surface area contributed by atoms with Crippen LogP contribution in [0.5, 0.6) is 11.5 Å². The zero-order valence-corrected chi connectivity index (χ0v) is 15.8. The molecule has 4 rings (SSSR count). The van der Waals surface area contributed by atoms with Crippen molar-refractivity contribution >= 4 is 29.2 Å². The summed E-state index contributed by atoms with van der Waals surface area (Å²) in [6.45, 7) is 0. The van der Waals surface area contributed by atoms with E-state index in [1.165, 1.54) is 24.3 Å². The third kappa shape index (κ3) is 4.00. The van der Waals surface area contributed by atoms with Gasteiger partial charge in [0.25, 0.3) is 5.91 Å². The molecule has 0 aromatic heterocycles. The third-order valence-electron chi connectivity index (χ3n) is 4.68. The number of para-hydroxylation sites is 1. The molecule has 1 aliphatic rings. The molecule has 7 heteroatoms. The maximum Gasteiger partial charge on any atom is 0.256 e. The molecule has 2 amide bonds. The van der Waals surface area contributed by atoms with Crippen molar-refractivity contribution in [2.45, 2.75) is 12.5 Å². The molecule has 1 atom stereocenters. The predicted octanol–water partition coefficient (Wildman–Crippen LogP) is 2.59.